The van der Waals surface area contributed by atoms with Crippen LogP contribution in [0.3, 0.4) is 0 Å². The van der Waals surface area contributed by atoms with Gasteiger partial charge < -0.3 is 15.2 Å². The maximum Gasteiger partial charge on any atom is 0.416 e. The smallest absolute Gasteiger partial charge is 0.416 e. The molecule has 0 saturated carbocycles. The number of hydrogen-bond donors (Lipinski definition) is 1. The van der Waals surface area contributed by atoms with Crippen molar-refractivity contribution in [2.45, 2.75) is 19.7 Å². The van der Waals surface area contributed by atoms with Crippen LogP contribution >= 0.6 is 0 Å². The molecule has 6 nitrogen and oxygen atoms in total. The van der Waals surface area contributed by atoms with E-state index in [0.717, 1.165) is 12.1 Å². The molecule has 2 N–H and O–H groups in total. The number of benzene rings is 3. The topological polar surface area (TPSA) is 86.3 Å². The maximum absolute atomic E-state index is 13.7. The minimum atomic E-state index is -4.60. The van der Waals surface area contributed by atoms with E-state index in [-0.39, 0.29) is 48.3 Å². The average Bonchev–Trinajstić information content (AvgIpc) is 3.09. The van der Waals surface area contributed by atoms with Crippen LogP contribution in [-0.4, -0.2) is 30.7 Å². The van der Waals surface area contributed by atoms with Gasteiger partial charge in [-0.3, -0.25) is 4.99 Å². The van der Waals surface area contributed by atoms with Gasteiger partial charge in [0.25, 0.3) is 0 Å². The first-order valence-corrected chi connectivity index (χ1v) is 11.6. The van der Waals surface area contributed by atoms with Gasteiger partial charge in [-0.25, -0.2) is 14.2 Å². The number of carbonyl (C=O) groups excluding carboxylic acids is 1. The van der Waals surface area contributed by atoms with Crippen molar-refractivity contribution in [3.8, 4) is 16.9 Å². The van der Waals surface area contributed by atoms with Crippen molar-refractivity contribution in [1.29, 1.82) is 0 Å². The van der Waals surface area contributed by atoms with Gasteiger partial charge in [-0.05, 0) is 54.5 Å². The molecule has 0 amide bonds. The van der Waals surface area contributed by atoms with E-state index < -0.39 is 23.5 Å². The number of aliphatic imine (C=N–C) groups is 2. The van der Waals surface area contributed by atoms with Gasteiger partial charge in [0.05, 0.1) is 24.4 Å². The molecule has 3 aromatic rings. The van der Waals surface area contributed by atoms with E-state index in [1.54, 1.807) is 37.3 Å². The lowest BCUT2D eigenvalue weighted by Crippen LogP contribution is -2.32. The number of nitrogens with two attached hydrogens (primary N) is 1. The first kappa shape index (κ1) is 26.6. The number of hydrogen-bond acceptors (Lipinski definition) is 6. The van der Waals surface area contributed by atoms with Crippen molar-refractivity contribution in [3.63, 3.8) is 0 Å². The Morgan fingerprint density at radius 1 is 1.00 bits per heavy atom. The molecule has 1 aliphatic rings. The lowest BCUT2D eigenvalue weighted by atomic mass is 9.95. The predicted octanol–water partition coefficient (Wildman–Crippen LogP) is 5.81. The van der Waals surface area contributed by atoms with Crippen LogP contribution in [0.25, 0.3) is 16.8 Å². The fourth-order valence-electron chi connectivity index (χ4n) is 3.77. The van der Waals surface area contributed by atoms with Crippen LogP contribution in [0.2, 0.25) is 0 Å². The van der Waals surface area contributed by atoms with Crippen LogP contribution in [0, 0.1) is 5.82 Å². The van der Waals surface area contributed by atoms with Crippen LogP contribution in [0.4, 0.5) is 17.6 Å². The molecule has 1 heterocycles. The van der Waals surface area contributed by atoms with E-state index in [9.17, 15) is 22.4 Å². The number of alkyl halides is 3. The molecule has 196 valence electrons. The van der Waals surface area contributed by atoms with Gasteiger partial charge in [0.1, 0.15) is 18.2 Å². The standard InChI is InChI=1S/C28H23F4N3O3/c1-2-37-27(36)25-26(33)34-14-13-23(35-25)21-6-4-3-5-20(21)22-15-18(28(30,31)32)9-12-24(22)38-16-17-7-10-19(29)11-8-17/h3-13,15H,2,14,16H2,1H3,(H2,33,34). The molecule has 4 rings (SSSR count). The van der Waals surface area contributed by atoms with Gasteiger partial charge in [-0.1, -0.05) is 36.4 Å². The maximum atomic E-state index is 13.7. The van der Waals surface area contributed by atoms with E-state index in [1.807, 2.05) is 0 Å². The van der Waals surface area contributed by atoms with Crippen LogP contribution in [0.1, 0.15) is 23.6 Å². The highest BCUT2D eigenvalue weighted by Crippen LogP contribution is 2.40. The Balaban J connectivity index is 1.81. The van der Waals surface area contributed by atoms with E-state index in [0.29, 0.717) is 16.7 Å². The minimum absolute atomic E-state index is 0.000952. The first-order valence-electron chi connectivity index (χ1n) is 11.6. The summed E-state index contributed by atoms with van der Waals surface area (Å²) in [6.45, 7) is 1.83. The van der Waals surface area contributed by atoms with Crippen LogP contribution in [0.5, 0.6) is 5.75 Å². The summed E-state index contributed by atoms with van der Waals surface area (Å²) in [4.78, 5) is 20.9. The van der Waals surface area contributed by atoms with Gasteiger partial charge in [0.15, 0.2) is 11.5 Å². The van der Waals surface area contributed by atoms with Gasteiger partial charge in [-0.15, -0.1) is 0 Å². The van der Waals surface area contributed by atoms with Crippen molar-refractivity contribution in [1.82, 2.24) is 0 Å². The van der Waals surface area contributed by atoms with Crippen LogP contribution < -0.4 is 10.5 Å². The Bertz CT molecular complexity index is 1430. The van der Waals surface area contributed by atoms with Gasteiger partial charge in [0, 0.05) is 11.1 Å². The minimum Gasteiger partial charge on any atom is -0.488 e. The molecule has 0 radical (unpaired) electrons. The summed E-state index contributed by atoms with van der Waals surface area (Å²) in [7, 11) is 0. The molecular weight excluding hydrogens is 502 g/mol. The lowest BCUT2D eigenvalue weighted by Gasteiger charge is -2.18. The summed E-state index contributed by atoms with van der Waals surface area (Å²) in [6, 6.07) is 15.4. The zero-order valence-electron chi connectivity index (χ0n) is 20.3. The molecule has 0 saturated heterocycles. The highest BCUT2D eigenvalue weighted by atomic mass is 19.4. The zero-order valence-corrected chi connectivity index (χ0v) is 20.3. The van der Waals surface area contributed by atoms with E-state index in [1.165, 1.54) is 30.3 Å². The number of esters is 1. The summed E-state index contributed by atoms with van der Waals surface area (Å²) in [6.07, 6.45) is -2.98. The fourth-order valence-corrected chi connectivity index (χ4v) is 3.77. The third kappa shape index (κ3) is 6.08. The molecule has 0 aliphatic carbocycles. The number of halogens is 4. The van der Waals surface area contributed by atoms with Crippen molar-refractivity contribution in [2.75, 3.05) is 13.2 Å². The van der Waals surface area contributed by atoms with Crippen molar-refractivity contribution in [2.24, 2.45) is 15.7 Å². The second kappa shape index (κ2) is 11.3. The van der Waals surface area contributed by atoms with E-state index >= 15 is 0 Å². The number of amidine groups is 1. The highest BCUT2D eigenvalue weighted by Gasteiger charge is 2.32. The van der Waals surface area contributed by atoms with Gasteiger partial charge in [0.2, 0.25) is 0 Å². The number of carbonyl (C=O) groups is 1. The number of ether oxygens (including phenoxy) is 2. The molecule has 10 heteroatoms. The summed E-state index contributed by atoms with van der Waals surface area (Å²) in [5, 5.41) is 0. The molecule has 0 aromatic heterocycles. The Labute approximate surface area is 216 Å². The van der Waals surface area contributed by atoms with Gasteiger partial charge in [-0.2, -0.15) is 13.2 Å². The van der Waals surface area contributed by atoms with Crippen molar-refractivity contribution in [3.05, 3.63) is 95.3 Å². The molecule has 0 atom stereocenters. The Morgan fingerprint density at radius 3 is 2.39 bits per heavy atom. The molecule has 0 fully saturated rings. The van der Waals surface area contributed by atoms with Crippen LogP contribution in [-0.2, 0) is 22.3 Å². The summed E-state index contributed by atoms with van der Waals surface area (Å²) in [5.74, 6) is -1.10. The van der Waals surface area contributed by atoms with Crippen LogP contribution in [0.15, 0.2) is 82.8 Å². The van der Waals surface area contributed by atoms with Gasteiger partial charge >= 0.3 is 12.1 Å². The highest BCUT2D eigenvalue weighted by molar-refractivity contribution is 6.65. The second-order valence-electron chi connectivity index (χ2n) is 8.17. The summed E-state index contributed by atoms with van der Waals surface area (Å²) >= 11 is 0. The summed E-state index contributed by atoms with van der Waals surface area (Å²) in [5.41, 5.74) is 6.75. The fraction of sp³-hybridized carbons (Fsp3) is 0.179. The largest absolute Gasteiger partial charge is 0.488 e. The first-order chi connectivity index (χ1) is 18.2. The van der Waals surface area contributed by atoms with E-state index in [2.05, 4.69) is 9.98 Å². The second-order valence-corrected chi connectivity index (χ2v) is 8.17. The monoisotopic (exact) mass is 525 g/mol. The molecule has 38 heavy (non-hydrogen) atoms. The van der Waals surface area contributed by atoms with Crippen molar-refractivity contribution >= 4 is 23.2 Å². The van der Waals surface area contributed by atoms with E-state index in [4.69, 9.17) is 15.2 Å². The Hall–Kier alpha value is -4.47. The SMILES string of the molecule is CCOC(=O)C1=NC(c2ccccc2-c2cc(C(F)(F)F)ccc2OCc2ccc(F)cc2)=CCN=C1N. The molecular formula is C28H23F4N3O3. The quantitative estimate of drug-likeness (QED) is 0.312. The normalized spacial score (nSPS) is 13.7. The number of rotatable bonds is 7. The molecule has 0 bridgehead atoms. The Morgan fingerprint density at radius 2 is 1.71 bits per heavy atom. The summed E-state index contributed by atoms with van der Waals surface area (Å²) < 4.78 is 65.2. The Kier molecular flexibility index (Phi) is 7.90. The molecule has 0 unspecified atom stereocenters. The number of nitrogens with zero attached hydrogens (tertiary/aromatic N) is 2. The third-order valence-electron chi connectivity index (χ3n) is 5.60. The lowest BCUT2D eigenvalue weighted by molar-refractivity contribution is -0.137. The zero-order chi connectivity index (χ0) is 27.3. The van der Waals surface area contributed by atoms with Crippen molar-refractivity contribution < 1.29 is 31.8 Å². The average molecular weight is 526 g/mol. The molecule has 0 spiro atoms. The third-order valence-corrected chi connectivity index (χ3v) is 5.60. The molecule has 1 aliphatic heterocycles. The molecule has 3 aromatic carbocycles. The predicted molar refractivity (Wildman–Crippen MR) is 136 cm³/mol.